The van der Waals surface area contributed by atoms with Gasteiger partial charge in [0.25, 0.3) is 0 Å². The van der Waals surface area contributed by atoms with E-state index in [1.54, 1.807) is 6.92 Å². The van der Waals surface area contributed by atoms with Gasteiger partial charge >= 0.3 is 5.97 Å². The average molecular weight is 389 g/mol. The molecule has 3 atom stereocenters. The van der Waals surface area contributed by atoms with E-state index in [1.807, 2.05) is 48.5 Å². The normalized spacial score (nSPS) is 24.1. The molecule has 148 valence electrons. The van der Waals surface area contributed by atoms with Gasteiger partial charge in [-0.25, -0.2) is 4.79 Å². The number of nitrogens with zero attached hydrogens (tertiary/aromatic N) is 1. The van der Waals surface area contributed by atoms with E-state index >= 15 is 0 Å². The van der Waals surface area contributed by atoms with E-state index in [4.69, 9.17) is 4.74 Å². The van der Waals surface area contributed by atoms with Crippen molar-refractivity contribution in [2.24, 2.45) is 11.8 Å². The van der Waals surface area contributed by atoms with Crippen molar-refractivity contribution < 1.29 is 19.1 Å². The molecule has 0 aromatic heterocycles. The second-order valence-corrected chi connectivity index (χ2v) is 8.21. The lowest BCUT2D eigenvalue weighted by molar-refractivity contribution is -0.160. The monoisotopic (exact) mass is 389 g/mol. The van der Waals surface area contributed by atoms with Crippen molar-refractivity contribution in [2.45, 2.75) is 44.8 Å². The van der Waals surface area contributed by atoms with E-state index in [0.717, 1.165) is 52.8 Å². The summed E-state index contributed by atoms with van der Waals surface area (Å²) in [5.41, 5.74) is 3.96. The van der Waals surface area contributed by atoms with Gasteiger partial charge in [-0.1, -0.05) is 61.4 Å². The fraction of sp³-hybridized carbons (Fsp3) is 0.375. The molecule has 5 nitrogen and oxygen atoms in total. The summed E-state index contributed by atoms with van der Waals surface area (Å²) in [5, 5.41) is 0. The number of fused-ring (bicyclic) bond motifs is 4. The Kier molecular flexibility index (Phi) is 4.26. The second kappa shape index (κ2) is 6.83. The van der Waals surface area contributed by atoms with Crippen LogP contribution < -0.4 is 0 Å². The first-order valence-corrected chi connectivity index (χ1v) is 10.3. The van der Waals surface area contributed by atoms with E-state index in [-0.39, 0.29) is 23.7 Å². The number of benzene rings is 2. The Labute approximate surface area is 169 Å². The standard InChI is InChI=1S/C24H23NO4/c1-14(25-22(26)19-12-6-7-13-20(19)23(25)27)24(28)29-21-17-10-4-2-8-15(17)16-9-3-5-11-18(16)21/h2-5,8-11,14,19-21H,6-7,12-13H2,1H3/t14-,19-,20+/m0/s1. The minimum absolute atomic E-state index is 0.212. The van der Waals surface area contributed by atoms with Crippen LogP contribution in [0.25, 0.3) is 11.1 Å². The van der Waals surface area contributed by atoms with Gasteiger partial charge in [-0.15, -0.1) is 0 Å². The predicted octanol–water partition coefficient (Wildman–Crippen LogP) is 3.86. The van der Waals surface area contributed by atoms with Gasteiger partial charge < -0.3 is 4.74 Å². The molecule has 2 aromatic rings. The number of imide groups is 1. The number of carbonyl (C=O) groups excluding carboxylic acids is 3. The summed E-state index contributed by atoms with van der Waals surface area (Å²) in [5.74, 6) is -1.49. The fourth-order valence-electron chi connectivity index (χ4n) is 5.13. The molecule has 1 aliphatic heterocycles. The third kappa shape index (κ3) is 2.71. The first-order valence-electron chi connectivity index (χ1n) is 10.3. The van der Waals surface area contributed by atoms with Gasteiger partial charge in [-0.3, -0.25) is 14.5 Å². The number of amides is 2. The fourth-order valence-corrected chi connectivity index (χ4v) is 5.13. The van der Waals surface area contributed by atoms with Crippen molar-refractivity contribution in [3.8, 4) is 11.1 Å². The topological polar surface area (TPSA) is 63.7 Å². The Morgan fingerprint density at radius 3 is 1.90 bits per heavy atom. The zero-order valence-corrected chi connectivity index (χ0v) is 16.3. The highest BCUT2D eigenvalue weighted by Gasteiger charge is 2.51. The van der Waals surface area contributed by atoms with Crippen molar-refractivity contribution in [2.75, 3.05) is 0 Å². The minimum atomic E-state index is -0.916. The summed E-state index contributed by atoms with van der Waals surface area (Å²) in [6, 6.07) is 14.8. The molecule has 29 heavy (non-hydrogen) atoms. The average Bonchev–Trinajstić information content (AvgIpc) is 3.20. The summed E-state index contributed by atoms with van der Waals surface area (Å²) in [6.07, 6.45) is 2.87. The SMILES string of the molecule is C[C@@H](C(=O)OC1c2ccccc2-c2ccccc21)N1C(=O)[C@H]2CCCC[C@H]2C1=O. The molecule has 0 N–H and O–H groups in total. The zero-order chi connectivity index (χ0) is 20.1. The highest BCUT2D eigenvalue weighted by atomic mass is 16.5. The molecule has 2 fully saturated rings. The van der Waals surface area contributed by atoms with Crippen LogP contribution in [0.3, 0.4) is 0 Å². The van der Waals surface area contributed by atoms with Crippen molar-refractivity contribution in [1.29, 1.82) is 0 Å². The molecule has 2 aromatic carbocycles. The highest BCUT2D eigenvalue weighted by molar-refractivity contribution is 6.07. The maximum absolute atomic E-state index is 13.0. The molecule has 1 heterocycles. The first kappa shape index (κ1) is 18.1. The van der Waals surface area contributed by atoms with Gasteiger partial charge in [0, 0.05) is 11.1 Å². The summed E-state index contributed by atoms with van der Waals surface area (Å²) < 4.78 is 5.90. The van der Waals surface area contributed by atoms with Gasteiger partial charge in [0.1, 0.15) is 6.04 Å². The van der Waals surface area contributed by atoms with Gasteiger partial charge in [-0.2, -0.15) is 0 Å². The van der Waals surface area contributed by atoms with Crippen LogP contribution in [0.15, 0.2) is 48.5 Å². The van der Waals surface area contributed by atoms with Crippen LogP contribution in [0.1, 0.15) is 49.8 Å². The maximum atomic E-state index is 13.0. The molecule has 1 saturated heterocycles. The van der Waals surface area contributed by atoms with Gasteiger partial charge in [0.2, 0.25) is 11.8 Å². The van der Waals surface area contributed by atoms with Crippen LogP contribution in [-0.2, 0) is 19.1 Å². The maximum Gasteiger partial charge on any atom is 0.330 e. The molecule has 0 radical (unpaired) electrons. The molecule has 2 aliphatic carbocycles. The van der Waals surface area contributed by atoms with Crippen LogP contribution >= 0.6 is 0 Å². The minimum Gasteiger partial charge on any atom is -0.451 e. The van der Waals surface area contributed by atoms with Crippen LogP contribution in [0, 0.1) is 11.8 Å². The van der Waals surface area contributed by atoms with E-state index in [2.05, 4.69) is 0 Å². The Hall–Kier alpha value is -2.95. The van der Waals surface area contributed by atoms with Crippen LogP contribution in [-0.4, -0.2) is 28.7 Å². The van der Waals surface area contributed by atoms with E-state index in [0.29, 0.717) is 0 Å². The number of ether oxygens (including phenoxy) is 1. The number of hydrogen-bond donors (Lipinski definition) is 0. The van der Waals surface area contributed by atoms with Crippen molar-refractivity contribution >= 4 is 17.8 Å². The number of carbonyl (C=O) groups is 3. The van der Waals surface area contributed by atoms with E-state index in [9.17, 15) is 14.4 Å². The molecule has 0 spiro atoms. The van der Waals surface area contributed by atoms with Crippen LogP contribution in [0.2, 0.25) is 0 Å². The Balaban J connectivity index is 1.41. The summed E-state index contributed by atoms with van der Waals surface area (Å²) in [4.78, 5) is 39.9. The van der Waals surface area contributed by atoms with E-state index in [1.165, 1.54) is 0 Å². The lowest BCUT2D eigenvalue weighted by atomic mass is 9.81. The molecular formula is C24H23NO4. The molecule has 0 unspecified atom stereocenters. The molecule has 5 heteroatoms. The number of hydrogen-bond acceptors (Lipinski definition) is 4. The van der Waals surface area contributed by atoms with E-state index < -0.39 is 18.1 Å². The number of esters is 1. The highest BCUT2D eigenvalue weighted by Crippen LogP contribution is 2.45. The Morgan fingerprint density at radius 2 is 1.38 bits per heavy atom. The van der Waals surface area contributed by atoms with Gasteiger partial charge in [-0.05, 0) is 30.9 Å². The van der Waals surface area contributed by atoms with Crippen molar-refractivity contribution in [1.82, 2.24) is 4.90 Å². The largest absolute Gasteiger partial charge is 0.451 e. The number of likely N-dealkylation sites (tertiary alicyclic amines) is 1. The molecule has 3 aliphatic rings. The van der Waals surface area contributed by atoms with Gasteiger partial charge in [0.15, 0.2) is 6.10 Å². The first-order chi connectivity index (χ1) is 14.1. The third-order valence-electron chi connectivity index (χ3n) is 6.61. The quantitative estimate of drug-likeness (QED) is 0.591. The zero-order valence-electron chi connectivity index (χ0n) is 16.3. The molecule has 0 bridgehead atoms. The summed E-state index contributed by atoms with van der Waals surface area (Å²) in [7, 11) is 0. The lowest BCUT2D eigenvalue weighted by Crippen LogP contribution is -2.44. The summed E-state index contributed by atoms with van der Waals surface area (Å²) >= 11 is 0. The lowest BCUT2D eigenvalue weighted by Gasteiger charge is -2.24. The molecule has 1 saturated carbocycles. The molecule has 5 rings (SSSR count). The Morgan fingerprint density at radius 1 is 0.897 bits per heavy atom. The van der Waals surface area contributed by atoms with Crippen LogP contribution in [0.4, 0.5) is 0 Å². The Bertz CT molecular complexity index is 944. The van der Waals surface area contributed by atoms with Crippen molar-refractivity contribution in [3.05, 3.63) is 59.7 Å². The van der Waals surface area contributed by atoms with Crippen LogP contribution in [0.5, 0.6) is 0 Å². The smallest absolute Gasteiger partial charge is 0.330 e. The van der Waals surface area contributed by atoms with Gasteiger partial charge in [0.05, 0.1) is 11.8 Å². The predicted molar refractivity (Wildman–Crippen MR) is 107 cm³/mol. The molecule has 2 amide bonds. The molecular weight excluding hydrogens is 366 g/mol. The second-order valence-electron chi connectivity index (χ2n) is 8.21. The van der Waals surface area contributed by atoms with Crippen molar-refractivity contribution in [3.63, 3.8) is 0 Å². The number of rotatable bonds is 3. The summed E-state index contributed by atoms with van der Waals surface area (Å²) in [6.45, 7) is 1.60. The third-order valence-corrected chi connectivity index (χ3v) is 6.61.